The Kier molecular flexibility index (Phi) is 7.51. The second-order valence-electron chi connectivity index (χ2n) is 8.32. The molecule has 2 aromatic heterocycles. The van der Waals surface area contributed by atoms with E-state index in [1.54, 1.807) is 47.1 Å². The molecule has 4 rings (SSSR count). The molecule has 0 saturated carbocycles. The number of carbonyl (C=O) groups excluding carboxylic acids is 1. The van der Waals surface area contributed by atoms with Gasteiger partial charge in [-0.2, -0.15) is 0 Å². The largest absolute Gasteiger partial charge is 0.383 e. The highest BCUT2D eigenvalue weighted by Crippen LogP contribution is 2.35. The lowest BCUT2D eigenvalue weighted by Gasteiger charge is -2.22. The van der Waals surface area contributed by atoms with Crippen molar-refractivity contribution >= 4 is 39.2 Å². The second-order valence-corrected chi connectivity index (χ2v) is 10.7. The molecular formula is C24H28FN3O3S2. The monoisotopic (exact) mass is 489 g/mol. The molecule has 0 aliphatic heterocycles. The van der Waals surface area contributed by atoms with E-state index in [1.165, 1.54) is 28.8 Å². The molecule has 33 heavy (non-hydrogen) atoms. The van der Waals surface area contributed by atoms with Crippen molar-refractivity contribution in [3.05, 3.63) is 56.4 Å². The van der Waals surface area contributed by atoms with Gasteiger partial charge in [0.05, 0.1) is 23.8 Å². The Bertz CT molecular complexity index is 1220. The average molecular weight is 490 g/mol. The van der Waals surface area contributed by atoms with Gasteiger partial charge in [-0.3, -0.25) is 14.2 Å². The van der Waals surface area contributed by atoms with Crippen molar-refractivity contribution in [2.24, 2.45) is 0 Å². The van der Waals surface area contributed by atoms with E-state index in [2.05, 4.69) is 0 Å². The summed E-state index contributed by atoms with van der Waals surface area (Å²) >= 11 is 2.89. The third kappa shape index (κ3) is 5.15. The van der Waals surface area contributed by atoms with Crippen molar-refractivity contribution < 1.29 is 13.9 Å². The molecular weight excluding hydrogens is 461 g/mol. The summed E-state index contributed by atoms with van der Waals surface area (Å²) in [7, 11) is 3.30. The minimum Gasteiger partial charge on any atom is -0.383 e. The van der Waals surface area contributed by atoms with Crippen LogP contribution in [-0.4, -0.2) is 46.4 Å². The van der Waals surface area contributed by atoms with Crippen LogP contribution in [0, 0.1) is 5.82 Å². The lowest BCUT2D eigenvalue weighted by Crippen LogP contribution is -2.34. The van der Waals surface area contributed by atoms with Crippen LogP contribution in [0.3, 0.4) is 0 Å². The van der Waals surface area contributed by atoms with Crippen LogP contribution in [0.1, 0.15) is 35.8 Å². The first-order valence-corrected chi connectivity index (χ1v) is 12.8. The summed E-state index contributed by atoms with van der Waals surface area (Å²) in [5.41, 5.74) is 1.83. The van der Waals surface area contributed by atoms with Crippen LogP contribution in [0.5, 0.6) is 0 Å². The van der Waals surface area contributed by atoms with E-state index >= 15 is 0 Å². The quantitative estimate of drug-likeness (QED) is 0.349. The number of benzene rings is 1. The Labute approximate surface area is 200 Å². The molecule has 0 saturated heterocycles. The van der Waals surface area contributed by atoms with Gasteiger partial charge in [-0.15, -0.1) is 11.3 Å². The average Bonchev–Trinajstić information content (AvgIpc) is 3.16. The molecule has 0 spiro atoms. The van der Waals surface area contributed by atoms with Gasteiger partial charge < -0.3 is 9.64 Å². The summed E-state index contributed by atoms with van der Waals surface area (Å²) in [4.78, 5) is 35.0. The summed E-state index contributed by atoms with van der Waals surface area (Å²) in [5, 5.41) is 0.803. The van der Waals surface area contributed by atoms with Gasteiger partial charge in [-0.25, -0.2) is 9.37 Å². The SMILES string of the molecule is COCCn1c(SC(C)C(=O)N(C)Cc2cccc(F)c2)nc2sc3c(c2c1=O)CCCC3. The lowest BCUT2D eigenvalue weighted by molar-refractivity contribution is -0.129. The van der Waals surface area contributed by atoms with Crippen LogP contribution in [0.15, 0.2) is 34.2 Å². The summed E-state index contributed by atoms with van der Waals surface area (Å²) in [6, 6.07) is 6.24. The molecule has 6 nitrogen and oxygen atoms in total. The van der Waals surface area contributed by atoms with Gasteiger partial charge in [0.15, 0.2) is 5.16 Å². The number of halogens is 1. The number of hydrogen-bond acceptors (Lipinski definition) is 6. The Morgan fingerprint density at radius 2 is 2.15 bits per heavy atom. The van der Waals surface area contributed by atoms with Gasteiger partial charge >= 0.3 is 0 Å². The maximum absolute atomic E-state index is 13.5. The number of thioether (sulfide) groups is 1. The molecule has 1 atom stereocenters. The van der Waals surface area contributed by atoms with E-state index in [-0.39, 0.29) is 17.3 Å². The van der Waals surface area contributed by atoms with Crippen LogP contribution in [0.4, 0.5) is 4.39 Å². The maximum atomic E-state index is 13.5. The summed E-state index contributed by atoms with van der Waals surface area (Å²) in [6.45, 7) is 2.88. The Morgan fingerprint density at radius 1 is 1.36 bits per heavy atom. The molecule has 1 aliphatic rings. The van der Waals surface area contributed by atoms with Crippen LogP contribution in [0.25, 0.3) is 10.2 Å². The fourth-order valence-corrected chi connectivity index (χ4v) is 6.55. The van der Waals surface area contributed by atoms with Gasteiger partial charge in [-0.05, 0) is 55.9 Å². The Balaban J connectivity index is 1.61. The zero-order chi connectivity index (χ0) is 23.5. The zero-order valence-electron chi connectivity index (χ0n) is 19.1. The minimum absolute atomic E-state index is 0.0493. The molecule has 2 heterocycles. The molecule has 1 aliphatic carbocycles. The van der Waals surface area contributed by atoms with Crippen molar-refractivity contribution in [1.82, 2.24) is 14.5 Å². The molecule has 9 heteroatoms. The van der Waals surface area contributed by atoms with Crippen molar-refractivity contribution in [2.75, 3.05) is 20.8 Å². The summed E-state index contributed by atoms with van der Waals surface area (Å²) < 4.78 is 20.4. The number of fused-ring (bicyclic) bond motifs is 3. The topological polar surface area (TPSA) is 64.4 Å². The number of carbonyl (C=O) groups is 1. The molecule has 1 aromatic carbocycles. The van der Waals surface area contributed by atoms with Crippen molar-refractivity contribution in [2.45, 2.75) is 56.1 Å². The van der Waals surface area contributed by atoms with E-state index in [1.807, 2.05) is 6.92 Å². The number of aromatic nitrogens is 2. The van der Waals surface area contributed by atoms with Gasteiger partial charge in [0.1, 0.15) is 10.6 Å². The van der Waals surface area contributed by atoms with Crippen molar-refractivity contribution in [1.29, 1.82) is 0 Å². The predicted molar refractivity (Wildman–Crippen MR) is 131 cm³/mol. The Morgan fingerprint density at radius 3 is 2.91 bits per heavy atom. The molecule has 3 aromatic rings. The van der Waals surface area contributed by atoms with E-state index < -0.39 is 5.25 Å². The number of aryl methyl sites for hydroxylation is 2. The molecule has 1 unspecified atom stereocenters. The maximum Gasteiger partial charge on any atom is 0.263 e. The van der Waals surface area contributed by atoms with Crippen LogP contribution < -0.4 is 5.56 Å². The standard InChI is InChI=1S/C24H28FN3O3S2/c1-15(22(29)27(2)14-16-7-6-8-17(25)13-16)32-24-26-21-20(23(30)28(24)11-12-31-3)18-9-4-5-10-19(18)33-21/h6-8,13,15H,4-5,9-12,14H2,1-3H3. The van der Waals surface area contributed by atoms with E-state index in [0.717, 1.165) is 47.0 Å². The van der Waals surface area contributed by atoms with Crippen LogP contribution in [0.2, 0.25) is 0 Å². The van der Waals surface area contributed by atoms with Crippen molar-refractivity contribution in [3.63, 3.8) is 0 Å². The molecule has 0 bridgehead atoms. The molecule has 176 valence electrons. The molecule has 0 fully saturated rings. The normalized spacial score (nSPS) is 14.3. The second kappa shape index (κ2) is 10.4. The first-order valence-electron chi connectivity index (χ1n) is 11.1. The molecule has 1 amide bonds. The minimum atomic E-state index is -0.462. The number of rotatable bonds is 8. The molecule has 0 N–H and O–H groups in total. The van der Waals surface area contributed by atoms with Gasteiger partial charge in [-0.1, -0.05) is 23.9 Å². The number of methoxy groups -OCH3 is 1. The molecule has 0 radical (unpaired) electrons. The number of thiophene rings is 1. The van der Waals surface area contributed by atoms with Gasteiger partial charge in [0.25, 0.3) is 5.56 Å². The van der Waals surface area contributed by atoms with Gasteiger partial charge in [0, 0.05) is 25.6 Å². The lowest BCUT2D eigenvalue weighted by atomic mass is 9.97. The van der Waals surface area contributed by atoms with Crippen LogP contribution >= 0.6 is 23.1 Å². The number of nitrogens with zero attached hydrogens (tertiary/aromatic N) is 3. The Hall–Kier alpha value is -2.23. The fraction of sp³-hybridized carbons (Fsp3) is 0.458. The number of ether oxygens (including phenoxy) is 1. The summed E-state index contributed by atoms with van der Waals surface area (Å²) in [5.74, 6) is -0.434. The first kappa shape index (κ1) is 23.9. The summed E-state index contributed by atoms with van der Waals surface area (Å²) in [6.07, 6.45) is 4.15. The highest BCUT2D eigenvalue weighted by molar-refractivity contribution is 8.00. The van der Waals surface area contributed by atoms with Crippen LogP contribution in [-0.2, 0) is 35.5 Å². The van der Waals surface area contributed by atoms with E-state index in [4.69, 9.17) is 9.72 Å². The number of amides is 1. The smallest absolute Gasteiger partial charge is 0.263 e. The highest BCUT2D eigenvalue weighted by Gasteiger charge is 2.25. The third-order valence-corrected chi connectivity index (χ3v) is 8.14. The van der Waals surface area contributed by atoms with E-state index in [9.17, 15) is 14.0 Å². The third-order valence-electron chi connectivity index (χ3n) is 5.87. The predicted octanol–water partition coefficient (Wildman–Crippen LogP) is 4.26. The zero-order valence-corrected chi connectivity index (χ0v) is 20.7. The van der Waals surface area contributed by atoms with Crippen molar-refractivity contribution in [3.8, 4) is 0 Å². The number of hydrogen-bond donors (Lipinski definition) is 0. The first-order chi connectivity index (χ1) is 15.9. The highest BCUT2D eigenvalue weighted by atomic mass is 32.2. The van der Waals surface area contributed by atoms with E-state index in [0.29, 0.717) is 24.9 Å². The fourth-order valence-electron chi connectivity index (χ4n) is 4.20. The van der Waals surface area contributed by atoms with Gasteiger partial charge in [0.2, 0.25) is 5.91 Å².